The maximum Gasteiger partial charge on any atom is 0.127 e. The van der Waals surface area contributed by atoms with Crippen LogP contribution in [0, 0.1) is 0 Å². The van der Waals surface area contributed by atoms with Crippen molar-refractivity contribution in [3.05, 3.63) is 29.3 Å². The molecule has 3 rings (SSSR count). The van der Waals surface area contributed by atoms with Crippen molar-refractivity contribution in [3.8, 4) is 5.75 Å². The van der Waals surface area contributed by atoms with E-state index in [1.165, 1.54) is 42.6 Å². The highest BCUT2D eigenvalue weighted by Gasteiger charge is 2.22. The summed E-state index contributed by atoms with van der Waals surface area (Å²) in [5.74, 6) is 1.92. The van der Waals surface area contributed by atoms with Gasteiger partial charge in [-0.15, -0.1) is 12.4 Å². The number of nitrogens with one attached hydrogen (secondary N) is 1. The van der Waals surface area contributed by atoms with Gasteiger partial charge >= 0.3 is 0 Å². The van der Waals surface area contributed by atoms with Gasteiger partial charge < -0.3 is 10.1 Å². The molecule has 1 aliphatic carbocycles. The molecule has 1 saturated carbocycles. The van der Waals surface area contributed by atoms with Gasteiger partial charge in [0.05, 0.1) is 0 Å². The molecule has 3 heteroatoms. The highest BCUT2D eigenvalue weighted by molar-refractivity contribution is 5.85. The fourth-order valence-electron chi connectivity index (χ4n) is 2.93. The molecule has 1 fully saturated rings. The number of ether oxygens (including phenoxy) is 1. The molecule has 1 heterocycles. The van der Waals surface area contributed by atoms with Crippen LogP contribution < -0.4 is 10.1 Å². The van der Waals surface area contributed by atoms with E-state index < -0.39 is 0 Å². The highest BCUT2D eigenvalue weighted by atomic mass is 35.5. The van der Waals surface area contributed by atoms with E-state index in [1.807, 2.05) is 0 Å². The molecular formula is C14H20ClNO. The minimum Gasteiger partial charge on any atom is -0.492 e. The van der Waals surface area contributed by atoms with E-state index in [0.29, 0.717) is 0 Å². The van der Waals surface area contributed by atoms with Crippen LogP contribution in [-0.2, 0) is 6.54 Å². The van der Waals surface area contributed by atoms with Crippen LogP contribution in [-0.4, -0.2) is 13.2 Å². The average molecular weight is 254 g/mol. The van der Waals surface area contributed by atoms with Crippen LogP contribution in [0.2, 0.25) is 0 Å². The van der Waals surface area contributed by atoms with Crippen molar-refractivity contribution in [3.63, 3.8) is 0 Å². The summed E-state index contributed by atoms with van der Waals surface area (Å²) in [5.41, 5.74) is 2.79. The van der Waals surface area contributed by atoms with Gasteiger partial charge in [-0.05, 0) is 24.3 Å². The van der Waals surface area contributed by atoms with Gasteiger partial charge in [0.2, 0.25) is 0 Å². The fraction of sp³-hybridized carbons (Fsp3) is 0.571. The molecule has 0 saturated heterocycles. The quantitative estimate of drug-likeness (QED) is 0.830. The van der Waals surface area contributed by atoms with Crippen molar-refractivity contribution in [1.29, 1.82) is 0 Å². The summed E-state index contributed by atoms with van der Waals surface area (Å²) in [6.07, 6.45) is 5.44. The van der Waals surface area contributed by atoms with Gasteiger partial charge in [0.1, 0.15) is 12.4 Å². The molecule has 94 valence electrons. The fourth-order valence-corrected chi connectivity index (χ4v) is 2.93. The lowest BCUT2D eigenvalue weighted by Crippen LogP contribution is -2.16. The molecule has 0 unspecified atom stereocenters. The lowest BCUT2D eigenvalue weighted by Gasteiger charge is -2.17. The standard InChI is InChI=1S/C14H19NO.ClH/c1-2-5-11(4-1)13-7-3-6-12-10-15-8-9-16-14(12)13;/h3,6-7,11,15H,1-2,4-5,8-10H2;1H. The SMILES string of the molecule is Cl.c1cc2c(c(C3CCCC3)c1)OCCNC2. The number of hydrogen-bond donors (Lipinski definition) is 1. The van der Waals surface area contributed by atoms with E-state index in [0.717, 1.165) is 25.6 Å². The van der Waals surface area contributed by atoms with E-state index in [9.17, 15) is 0 Å². The molecule has 0 aromatic heterocycles. The van der Waals surface area contributed by atoms with Crippen LogP contribution in [0.1, 0.15) is 42.7 Å². The second-order valence-corrected chi connectivity index (χ2v) is 4.84. The Hall–Kier alpha value is -0.730. The Labute approximate surface area is 109 Å². The molecule has 0 amide bonds. The van der Waals surface area contributed by atoms with Crippen molar-refractivity contribution >= 4 is 12.4 Å². The van der Waals surface area contributed by atoms with Crippen LogP contribution in [0.5, 0.6) is 5.75 Å². The minimum absolute atomic E-state index is 0. The van der Waals surface area contributed by atoms with Crippen LogP contribution in [0.3, 0.4) is 0 Å². The topological polar surface area (TPSA) is 21.3 Å². The van der Waals surface area contributed by atoms with Gasteiger partial charge in [0, 0.05) is 18.7 Å². The zero-order chi connectivity index (χ0) is 10.8. The summed E-state index contributed by atoms with van der Waals surface area (Å²) in [6.45, 7) is 2.71. The summed E-state index contributed by atoms with van der Waals surface area (Å²) in [5, 5.41) is 3.40. The number of para-hydroxylation sites is 1. The lowest BCUT2D eigenvalue weighted by molar-refractivity contribution is 0.320. The molecule has 1 aromatic rings. The van der Waals surface area contributed by atoms with Gasteiger partial charge in [-0.25, -0.2) is 0 Å². The molecule has 1 aromatic carbocycles. The Balaban J connectivity index is 0.00000108. The molecule has 2 aliphatic rings. The Morgan fingerprint density at radius 2 is 2.00 bits per heavy atom. The van der Waals surface area contributed by atoms with Crippen molar-refractivity contribution in [2.75, 3.05) is 13.2 Å². The Bertz CT molecular complexity index is 374. The van der Waals surface area contributed by atoms with Crippen molar-refractivity contribution < 1.29 is 4.74 Å². The largest absolute Gasteiger partial charge is 0.492 e. The van der Waals surface area contributed by atoms with Gasteiger partial charge in [0.25, 0.3) is 0 Å². The molecule has 17 heavy (non-hydrogen) atoms. The normalized spacial score (nSPS) is 20.0. The van der Waals surface area contributed by atoms with Crippen molar-refractivity contribution in [1.82, 2.24) is 5.32 Å². The van der Waals surface area contributed by atoms with E-state index in [2.05, 4.69) is 23.5 Å². The number of rotatable bonds is 1. The Kier molecular flexibility index (Phi) is 4.30. The maximum absolute atomic E-state index is 5.93. The van der Waals surface area contributed by atoms with Crippen LogP contribution in [0.15, 0.2) is 18.2 Å². The first-order chi connectivity index (χ1) is 7.95. The first-order valence-electron chi connectivity index (χ1n) is 6.40. The first-order valence-corrected chi connectivity index (χ1v) is 6.40. The van der Waals surface area contributed by atoms with Crippen LogP contribution in [0.4, 0.5) is 0 Å². The molecule has 1 aliphatic heterocycles. The summed E-state index contributed by atoms with van der Waals surface area (Å²) in [4.78, 5) is 0. The predicted octanol–water partition coefficient (Wildman–Crippen LogP) is 3.25. The Morgan fingerprint density at radius 1 is 1.18 bits per heavy atom. The van der Waals surface area contributed by atoms with Crippen molar-refractivity contribution in [2.45, 2.75) is 38.1 Å². The van der Waals surface area contributed by atoms with E-state index in [4.69, 9.17) is 4.74 Å². The summed E-state index contributed by atoms with van der Waals surface area (Å²) in [7, 11) is 0. The van der Waals surface area contributed by atoms with E-state index in [-0.39, 0.29) is 12.4 Å². The third-order valence-corrected chi connectivity index (χ3v) is 3.76. The zero-order valence-corrected chi connectivity index (χ0v) is 10.9. The second kappa shape index (κ2) is 5.74. The van der Waals surface area contributed by atoms with Crippen LogP contribution in [0.25, 0.3) is 0 Å². The average Bonchev–Trinajstić information content (AvgIpc) is 2.73. The molecule has 0 spiro atoms. The van der Waals surface area contributed by atoms with Gasteiger partial charge in [-0.1, -0.05) is 31.0 Å². The smallest absolute Gasteiger partial charge is 0.127 e. The molecule has 0 atom stereocenters. The molecular weight excluding hydrogens is 234 g/mol. The third-order valence-electron chi connectivity index (χ3n) is 3.76. The first kappa shape index (κ1) is 12.7. The summed E-state index contributed by atoms with van der Waals surface area (Å²) in [6, 6.07) is 6.63. The lowest BCUT2D eigenvalue weighted by atomic mass is 9.94. The number of benzene rings is 1. The Morgan fingerprint density at radius 3 is 2.82 bits per heavy atom. The number of fused-ring (bicyclic) bond motifs is 1. The monoisotopic (exact) mass is 253 g/mol. The second-order valence-electron chi connectivity index (χ2n) is 4.84. The summed E-state index contributed by atoms with van der Waals surface area (Å²) >= 11 is 0. The van der Waals surface area contributed by atoms with E-state index in [1.54, 1.807) is 0 Å². The van der Waals surface area contributed by atoms with Gasteiger partial charge in [-0.3, -0.25) is 0 Å². The summed E-state index contributed by atoms with van der Waals surface area (Å²) < 4.78 is 5.93. The predicted molar refractivity (Wildman–Crippen MR) is 72.1 cm³/mol. The van der Waals surface area contributed by atoms with Crippen molar-refractivity contribution in [2.24, 2.45) is 0 Å². The van der Waals surface area contributed by atoms with E-state index >= 15 is 0 Å². The third kappa shape index (κ3) is 2.58. The number of halogens is 1. The number of hydrogen-bond acceptors (Lipinski definition) is 2. The minimum atomic E-state index is 0. The van der Waals surface area contributed by atoms with Gasteiger partial charge in [-0.2, -0.15) is 0 Å². The van der Waals surface area contributed by atoms with Gasteiger partial charge in [0.15, 0.2) is 0 Å². The highest BCUT2D eigenvalue weighted by Crippen LogP contribution is 2.40. The zero-order valence-electron chi connectivity index (χ0n) is 10.1. The molecule has 2 nitrogen and oxygen atoms in total. The molecule has 0 bridgehead atoms. The maximum atomic E-state index is 5.93. The molecule has 1 N–H and O–H groups in total. The van der Waals surface area contributed by atoms with Crippen LogP contribution >= 0.6 is 12.4 Å². The molecule has 0 radical (unpaired) electrons.